The first-order valence-corrected chi connectivity index (χ1v) is 9.83. The lowest BCUT2D eigenvalue weighted by Gasteiger charge is -2.48. The summed E-state index contributed by atoms with van der Waals surface area (Å²) in [4.78, 5) is 4.63. The maximum absolute atomic E-state index is 16.4. The number of nitrogens with zero attached hydrogens (tertiary/aromatic N) is 2. The summed E-state index contributed by atoms with van der Waals surface area (Å²) < 4.78 is 16.4. The van der Waals surface area contributed by atoms with Crippen LogP contribution in [0, 0.1) is 5.92 Å². The van der Waals surface area contributed by atoms with Crippen LogP contribution in [0.15, 0.2) is 78.1 Å². The monoisotopic (exact) mass is 362 g/mol. The average Bonchev–Trinajstić information content (AvgIpc) is 3.07. The quantitative estimate of drug-likeness (QED) is 0.612. The number of halogens is 1. The lowest BCUT2D eigenvalue weighted by molar-refractivity contribution is 0.0616. The summed E-state index contributed by atoms with van der Waals surface area (Å²) in [5.74, 6) is -0.190. The summed E-state index contributed by atoms with van der Waals surface area (Å²) >= 11 is 0. The molecule has 0 spiro atoms. The molecule has 2 heterocycles. The molecular weight excluding hydrogens is 335 g/mol. The van der Waals surface area contributed by atoms with Gasteiger partial charge in [0.1, 0.15) is 11.8 Å². The Balaban J connectivity index is 2.00. The van der Waals surface area contributed by atoms with E-state index in [1.807, 2.05) is 43.3 Å². The summed E-state index contributed by atoms with van der Waals surface area (Å²) in [7, 11) is 0. The molecular formula is C24H27FN2. The van der Waals surface area contributed by atoms with Crippen molar-refractivity contribution in [3.8, 4) is 0 Å². The van der Waals surface area contributed by atoms with E-state index < -0.39 is 5.67 Å². The molecule has 0 N–H and O–H groups in total. The Morgan fingerprint density at radius 3 is 2.15 bits per heavy atom. The zero-order chi connectivity index (χ0) is 19.2. The highest BCUT2D eigenvalue weighted by molar-refractivity contribution is 5.76. The van der Waals surface area contributed by atoms with Gasteiger partial charge in [0.25, 0.3) is 0 Å². The molecule has 0 amide bonds. The number of rotatable bonds is 2. The molecule has 3 unspecified atom stereocenters. The van der Waals surface area contributed by atoms with E-state index in [9.17, 15) is 0 Å². The Morgan fingerprint density at radius 1 is 0.926 bits per heavy atom. The second kappa shape index (κ2) is 6.56. The highest BCUT2D eigenvalue weighted by Crippen LogP contribution is 2.55. The van der Waals surface area contributed by atoms with Gasteiger partial charge in [-0.25, -0.2) is 4.39 Å². The smallest absolute Gasteiger partial charge is 0.144 e. The topological polar surface area (TPSA) is 6.48 Å². The molecule has 0 bridgehead atoms. The third kappa shape index (κ3) is 2.37. The number of benzene rings is 2. The van der Waals surface area contributed by atoms with Crippen molar-refractivity contribution in [2.45, 2.75) is 46.0 Å². The molecule has 2 nitrogen and oxygen atoms in total. The number of hydrogen-bond donors (Lipinski definition) is 0. The van der Waals surface area contributed by atoms with E-state index in [0.717, 1.165) is 28.3 Å². The molecule has 2 aromatic rings. The molecule has 2 aromatic carbocycles. The van der Waals surface area contributed by atoms with E-state index in [-0.39, 0.29) is 12.1 Å². The third-order valence-electron chi connectivity index (χ3n) is 6.19. The van der Waals surface area contributed by atoms with E-state index in [1.54, 1.807) is 0 Å². The van der Waals surface area contributed by atoms with Crippen molar-refractivity contribution in [2.24, 2.45) is 5.92 Å². The van der Waals surface area contributed by atoms with Crippen LogP contribution in [0.5, 0.6) is 0 Å². The minimum absolute atomic E-state index is 0.0929. The maximum Gasteiger partial charge on any atom is 0.144 e. The van der Waals surface area contributed by atoms with Crippen molar-refractivity contribution in [1.82, 2.24) is 0 Å². The molecule has 0 radical (unpaired) electrons. The number of para-hydroxylation sites is 2. The Labute approximate surface area is 161 Å². The van der Waals surface area contributed by atoms with Gasteiger partial charge in [-0.2, -0.15) is 0 Å². The zero-order valence-electron chi connectivity index (χ0n) is 16.5. The van der Waals surface area contributed by atoms with Crippen LogP contribution in [0.1, 0.15) is 39.7 Å². The molecule has 0 aromatic heterocycles. The Hall–Kier alpha value is -2.55. The minimum Gasteiger partial charge on any atom is -0.318 e. The highest BCUT2D eigenvalue weighted by atomic mass is 19.1. The van der Waals surface area contributed by atoms with Gasteiger partial charge >= 0.3 is 0 Å². The molecule has 1 saturated heterocycles. The summed E-state index contributed by atoms with van der Waals surface area (Å²) in [5.41, 5.74) is 3.81. The van der Waals surface area contributed by atoms with Crippen molar-refractivity contribution >= 4 is 11.4 Å². The summed E-state index contributed by atoms with van der Waals surface area (Å²) in [6, 6.07) is 18.3. The molecule has 3 heteroatoms. The standard InChI is InChI=1S/C24H27FN2/c1-5-20-21(6-2)27-22-16-12-11-15-19(22)24(25,7-3)17(4)23(27)26(20)18-13-9-8-10-14-18/h5-6,8-17,23H,7H2,1-4H3/b20-5?,21-6+. The minimum atomic E-state index is -1.35. The Kier molecular flexibility index (Phi) is 4.33. The Bertz CT molecular complexity index is 902. The largest absolute Gasteiger partial charge is 0.318 e. The van der Waals surface area contributed by atoms with Crippen molar-refractivity contribution in [3.05, 3.63) is 83.7 Å². The predicted molar refractivity (Wildman–Crippen MR) is 111 cm³/mol. The van der Waals surface area contributed by atoms with Gasteiger partial charge in [-0.1, -0.05) is 62.4 Å². The van der Waals surface area contributed by atoms with Gasteiger partial charge in [0.15, 0.2) is 0 Å². The van der Waals surface area contributed by atoms with Crippen LogP contribution < -0.4 is 9.80 Å². The fraction of sp³-hybridized carbons (Fsp3) is 0.333. The fourth-order valence-electron chi connectivity index (χ4n) is 4.85. The summed E-state index contributed by atoms with van der Waals surface area (Å²) in [6.07, 6.45) is 4.66. The van der Waals surface area contributed by atoms with Gasteiger partial charge in [-0.3, -0.25) is 0 Å². The van der Waals surface area contributed by atoms with Gasteiger partial charge in [0.2, 0.25) is 0 Å². The van der Waals surface area contributed by atoms with Crippen LogP contribution in [-0.2, 0) is 5.67 Å². The molecule has 140 valence electrons. The molecule has 27 heavy (non-hydrogen) atoms. The SMILES string of the molecule is CC=C1/C(=C\C)N2c3ccccc3C(F)(CC)C(C)C2N1c1ccccc1. The Morgan fingerprint density at radius 2 is 1.52 bits per heavy atom. The van der Waals surface area contributed by atoms with Crippen molar-refractivity contribution in [2.75, 3.05) is 9.80 Å². The molecule has 1 fully saturated rings. The molecule has 4 rings (SSSR count). The first-order valence-electron chi connectivity index (χ1n) is 9.83. The molecule has 0 aliphatic carbocycles. The van der Waals surface area contributed by atoms with Crippen LogP contribution in [0.2, 0.25) is 0 Å². The first-order chi connectivity index (χ1) is 13.1. The van der Waals surface area contributed by atoms with Crippen LogP contribution in [0.25, 0.3) is 0 Å². The van der Waals surface area contributed by atoms with E-state index >= 15 is 4.39 Å². The van der Waals surface area contributed by atoms with Crippen LogP contribution in [0.3, 0.4) is 0 Å². The van der Waals surface area contributed by atoms with E-state index in [1.165, 1.54) is 0 Å². The van der Waals surface area contributed by atoms with Crippen LogP contribution >= 0.6 is 0 Å². The number of anilines is 2. The van der Waals surface area contributed by atoms with Crippen molar-refractivity contribution < 1.29 is 4.39 Å². The second-order valence-corrected chi connectivity index (χ2v) is 7.36. The lowest BCUT2D eigenvalue weighted by atomic mass is 9.75. The molecule has 2 aliphatic rings. The maximum atomic E-state index is 16.4. The summed E-state index contributed by atoms with van der Waals surface area (Å²) in [6.45, 7) is 8.14. The first kappa shape index (κ1) is 17.8. The molecule has 2 aliphatic heterocycles. The molecule has 3 atom stereocenters. The van der Waals surface area contributed by atoms with Gasteiger partial charge in [-0.05, 0) is 38.5 Å². The molecule has 0 saturated carbocycles. The number of hydrogen-bond acceptors (Lipinski definition) is 2. The summed E-state index contributed by atoms with van der Waals surface area (Å²) in [5, 5.41) is 0. The third-order valence-corrected chi connectivity index (χ3v) is 6.19. The average molecular weight is 362 g/mol. The number of allylic oxidation sites excluding steroid dienone is 2. The van der Waals surface area contributed by atoms with Crippen LogP contribution in [-0.4, -0.2) is 6.17 Å². The van der Waals surface area contributed by atoms with Crippen molar-refractivity contribution in [1.29, 1.82) is 0 Å². The normalized spacial score (nSPS) is 30.0. The lowest BCUT2D eigenvalue weighted by Crippen LogP contribution is -2.54. The van der Waals surface area contributed by atoms with Gasteiger partial charge in [0.05, 0.1) is 11.4 Å². The predicted octanol–water partition coefficient (Wildman–Crippen LogP) is 6.37. The number of fused-ring (bicyclic) bond motifs is 3. The number of alkyl halides is 1. The van der Waals surface area contributed by atoms with Crippen molar-refractivity contribution in [3.63, 3.8) is 0 Å². The van der Waals surface area contributed by atoms with Crippen LogP contribution in [0.4, 0.5) is 15.8 Å². The highest BCUT2D eigenvalue weighted by Gasteiger charge is 2.55. The van der Waals surface area contributed by atoms with Gasteiger partial charge in [-0.15, -0.1) is 0 Å². The van der Waals surface area contributed by atoms with E-state index in [2.05, 4.69) is 60.9 Å². The van der Waals surface area contributed by atoms with Gasteiger partial charge in [0, 0.05) is 22.9 Å². The van der Waals surface area contributed by atoms with E-state index in [0.29, 0.717) is 6.42 Å². The van der Waals surface area contributed by atoms with E-state index in [4.69, 9.17) is 0 Å². The zero-order valence-corrected chi connectivity index (χ0v) is 16.5. The fourth-order valence-corrected chi connectivity index (χ4v) is 4.85. The van der Waals surface area contributed by atoms with Gasteiger partial charge < -0.3 is 9.80 Å². The second-order valence-electron chi connectivity index (χ2n) is 7.36.